The highest BCUT2D eigenvalue weighted by molar-refractivity contribution is 7.39. The number of hydrogen-bond donors (Lipinski definition) is 3. The van der Waals surface area contributed by atoms with Gasteiger partial charge in [-0.1, -0.05) is 33.8 Å². The fourth-order valence-electron chi connectivity index (χ4n) is 2.01. The molecule has 0 bridgehead atoms. The van der Waals surface area contributed by atoms with Gasteiger partial charge in [0, 0.05) is 12.5 Å². The van der Waals surface area contributed by atoms with E-state index in [9.17, 15) is 4.39 Å². The SMILES string of the molecule is CC(C/C=C(\F)CC(N)COP(O)O)CC(C)(C)C. The Kier molecular flexibility index (Phi) is 8.95. The highest BCUT2D eigenvalue weighted by Gasteiger charge is 2.15. The molecule has 0 radical (unpaired) electrons. The van der Waals surface area contributed by atoms with Crippen LogP contribution >= 0.6 is 8.60 Å². The highest BCUT2D eigenvalue weighted by atomic mass is 31.2. The van der Waals surface area contributed by atoms with Gasteiger partial charge in [0.25, 0.3) is 0 Å². The molecule has 0 heterocycles. The molecule has 0 spiro atoms. The molecule has 0 amide bonds. The Balaban J connectivity index is 3.99. The first kappa shape index (κ1) is 18.9. The van der Waals surface area contributed by atoms with E-state index >= 15 is 0 Å². The summed E-state index contributed by atoms with van der Waals surface area (Å²) in [6.45, 7) is 8.54. The van der Waals surface area contributed by atoms with Crippen molar-refractivity contribution in [3.05, 3.63) is 11.9 Å². The first-order valence-electron chi connectivity index (χ1n) is 6.51. The molecule has 0 aliphatic heterocycles. The van der Waals surface area contributed by atoms with Crippen LogP contribution in [0.25, 0.3) is 0 Å². The van der Waals surface area contributed by atoms with Crippen LogP contribution in [0.3, 0.4) is 0 Å². The maximum absolute atomic E-state index is 13.6. The van der Waals surface area contributed by atoms with Gasteiger partial charge in [-0.25, -0.2) is 4.39 Å². The standard InChI is InChI=1S/C13H27FNO3P/c1-10(8-13(2,3)4)5-6-11(14)7-12(15)9-18-19(16)17/h6,10,12,16-17H,5,7-9,15H2,1-4H3/b11-6-. The van der Waals surface area contributed by atoms with Crippen LogP contribution in [0.2, 0.25) is 0 Å². The molecule has 0 saturated heterocycles. The molecule has 0 aromatic rings. The van der Waals surface area contributed by atoms with Crippen LogP contribution in [0.4, 0.5) is 4.39 Å². The lowest BCUT2D eigenvalue weighted by molar-refractivity contribution is 0.234. The van der Waals surface area contributed by atoms with Crippen molar-refractivity contribution in [2.24, 2.45) is 17.1 Å². The summed E-state index contributed by atoms with van der Waals surface area (Å²) in [5.41, 5.74) is 5.86. The molecule has 0 rings (SSSR count). The minimum atomic E-state index is -2.41. The predicted octanol–water partition coefficient (Wildman–Crippen LogP) is 3.25. The van der Waals surface area contributed by atoms with E-state index < -0.39 is 14.6 Å². The quantitative estimate of drug-likeness (QED) is 0.601. The van der Waals surface area contributed by atoms with E-state index in [-0.39, 0.29) is 24.3 Å². The number of nitrogens with two attached hydrogens (primary N) is 1. The second-order valence-corrected chi connectivity index (χ2v) is 7.03. The molecular weight excluding hydrogens is 268 g/mol. The van der Waals surface area contributed by atoms with Gasteiger partial charge < -0.3 is 20.0 Å². The average molecular weight is 295 g/mol. The zero-order valence-corrected chi connectivity index (χ0v) is 13.2. The second kappa shape index (κ2) is 8.98. The van der Waals surface area contributed by atoms with E-state index in [1.165, 1.54) is 0 Å². The zero-order valence-electron chi connectivity index (χ0n) is 12.3. The van der Waals surface area contributed by atoms with E-state index in [2.05, 4.69) is 32.2 Å². The Hall–Kier alpha value is -0.0600. The Morgan fingerprint density at radius 3 is 2.47 bits per heavy atom. The van der Waals surface area contributed by atoms with Crippen molar-refractivity contribution in [3.8, 4) is 0 Å². The molecule has 4 N–H and O–H groups in total. The summed E-state index contributed by atoms with van der Waals surface area (Å²) in [6, 6.07) is -0.557. The van der Waals surface area contributed by atoms with Crippen molar-refractivity contribution in [1.82, 2.24) is 0 Å². The van der Waals surface area contributed by atoms with Crippen LogP contribution in [0.15, 0.2) is 11.9 Å². The summed E-state index contributed by atoms with van der Waals surface area (Å²) in [7, 11) is -2.41. The van der Waals surface area contributed by atoms with Crippen molar-refractivity contribution in [1.29, 1.82) is 0 Å². The molecule has 6 heteroatoms. The predicted molar refractivity (Wildman–Crippen MR) is 76.9 cm³/mol. The lowest BCUT2D eigenvalue weighted by Crippen LogP contribution is -2.25. The van der Waals surface area contributed by atoms with Gasteiger partial charge in [0.1, 0.15) is 0 Å². The third-order valence-electron chi connectivity index (χ3n) is 2.56. The van der Waals surface area contributed by atoms with E-state index in [1.807, 2.05) is 0 Å². The molecule has 0 aliphatic rings. The van der Waals surface area contributed by atoms with Crippen LogP contribution in [0.1, 0.15) is 47.0 Å². The number of rotatable bonds is 8. The third-order valence-corrected chi connectivity index (χ3v) is 2.94. The topological polar surface area (TPSA) is 75.7 Å². The molecule has 0 fully saturated rings. The summed E-state index contributed by atoms with van der Waals surface area (Å²) in [5.74, 6) is 0.151. The summed E-state index contributed by atoms with van der Waals surface area (Å²) >= 11 is 0. The molecule has 0 aliphatic carbocycles. The smallest absolute Gasteiger partial charge is 0.327 e. The maximum Gasteiger partial charge on any atom is 0.327 e. The van der Waals surface area contributed by atoms with Crippen molar-refractivity contribution in [2.75, 3.05) is 6.61 Å². The summed E-state index contributed by atoms with van der Waals surface area (Å²) in [5, 5.41) is 0. The molecular formula is C13H27FNO3P. The molecule has 0 aromatic carbocycles. The van der Waals surface area contributed by atoms with Crippen LogP contribution in [0, 0.1) is 11.3 Å². The first-order valence-corrected chi connectivity index (χ1v) is 7.67. The van der Waals surface area contributed by atoms with Crippen LogP contribution in [-0.4, -0.2) is 22.4 Å². The van der Waals surface area contributed by atoms with Gasteiger partial charge in [-0.05, 0) is 24.2 Å². The van der Waals surface area contributed by atoms with Gasteiger partial charge in [0.2, 0.25) is 0 Å². The zero-order chi connectivity index (χ0) is 15.1. The van der Waals surface area contributed by atoms with E-state index in [0.717, 1.165) is 6.42 Å². The van der Waals surface area contributed by atoms with Crippen LogP contribution in [-0.2, 0) is 4.52 Å². The van der Waals surface area contributed by atoms with Gasteiger partial charge in [-0.3, -0.25) is 0 Å². The third kappa shape index (κ3) is 12.7. The van der Waals surface area contributed by atoms with Gasteiger partial charge in [0.05, 0.1) is 12.4 Å². The van der Waals surface area contributed by atoms with Crippen molar-refractivity contribution < 1.29 is 18.7 Å². The van der Waals surface area contributed by atoms with Gasteiger partial charge in [0.15, 0.2) is 0 Å². The Bertz CT molecular complexity index is 280. The molecule has 0 aromatic heterocycles. The molecule has 19 heavy (non-hydrogen) atoms. The molecule has 114 valence electrons. The van der Waals surface area contributed by atoms with Crippen molar-refractivity contribution in [3.63, 3.8) is 0 Å². The van der Waals surface area contributed by atoms with Crippen molar-refractivity contribution >= 4 is 8.60 Å². The molecule has 2 unspecified atom stereocenters. The van der Waals surface area contributed by atoms with E-state index in [0.29, 0.717) is 12.3 Å². The maximum atomic E-state index is 13.6. The summed E-state index contributed by atoms with van der Waals surface area (Å²) in [6.07, 6.45) is 3.34. The lowest BCUT2D eigenvalue weighted by atomic mass is 9.84. The Morgan fingerprint density at radius 1 is 1.42 bits per heavy atom. The normalized spacial score (nSPS) is 16.8. The Morgan fingerprint density at radius 2 is 2.00 bits per heavy atom. The lowest BCUT2D eigenvalue weighted by Gasteiger charge is -2.22. The van der Waals surface area contributed by atoms with Gasteiger partial charge in [-0.2, -0.15) is 0 Å². The van der Waals surface area contributed by atoms with Crippen LogP contribution < -0.4 is 5.73 Å². The average Bonchev–Trinajstić information content (AvgIpc) is 2.21. The number of hydrogen-bond acceptors (Lipinski definition) is 4. The molecule has 2 atom stereocenters. The van der Waals surface area contributed by atoms with Gasteiger partial charge in [-0.15, -0.1) is 0 Å². The monoisotopic (exact) mass is 295 g/mol. The fraction of sp³-hybridized carbons (Fsp3) is 0.846. The van der Waals surface area contributed by atoms with E-state index in [1.54, 1.807) is 6.08 Å². The number of allylic oxidation sites excluding steroid dienone is 1. The summed E-state index contributed by atoms with van der Waals surface area (Å²) in [4.78, 5) is 17.1. The van der Waals surface area contributed by atoms with E-state index in [4.69, 9.17) is 15.5 Å². The Labute approximate surface area is 116 Å². The summed E-state index contributed by atoms with van der Waals surface area (Å²) < 4.78 is 18.1. The minimum absolute atomic E-state index is 0.0580. The largest absolute Gasteiger partial charge is 0.328 e. The van der Waals surface area contributed by atoms with Gasteiger partial charge >= 0.3 is 8.60 Å². The first-order chi connectivity index (χ1) is 8.60. The second-order valence-electron chi connectivity index (χ2n) is 6.27. The minimum Gasteiger partial charge on any atom is -0.328 e. The fourth-order valence-corrected chi connectivity index (χ4v) is 2.34. The molecule has 0 saturated carbocycles. The van der Waals surface area contributed by atoms with Crippen molar-refractivity contribution in [2.45, 2.75) is 53.0 Å². The molecule has 4 nitrogen and oxygen atoms in total. The van der Waals surface area contributed by atoms with Crippen LogP contribution in [0.5, 0.6) is 0 Å². The highest BCUT2D eigenvalue weighted by Crippen LogP contribution is 2.27. The number of halogens is 1.